The van der Waals surface area contributed by atoms with E-state index < -0.39 is 11.5 Å². The quantitative estimate of drug-likeness (QED) is 0.631. The molecule has 1 unspecified atom stereocenters. The normalized spacial score (nSPS) is 15.1. The number of hydrogen-bond acceptors (Lipinski definition) is 3. The van der Waals surface area contributed by atoms with Crippen molar-refractivity contribution >= 4 is 5.97 Å². The zero-order valence-electron chi connectivity index (χ0n) is 11.0. The van der Waals surface area contributed by atoms with E-state index in [0.29, 0.717) is 6.54 Å². The summed E-state index contributed by atoms with van der Waals surface area (Å²) >= 11 is 0. The molecule has 0 aromatic rings. The average Bonchev–Trinajstić information content (AvgIpc) is 2.25. The van der Waals surface area contributed by atoms with Crippen LogP contribution in [0, 0.1) is 0 Å². The van der Waals surface area contributed by atoms with E-state index in [0.717, 1.165) is 32.5 Å². The van der Waals surface area contributed by atoms with Crippen molar-refractivity contribution in [1.29, 1.82) is 0 Å². The van der Waals surface area contributed by atoms with Gasteiger partial charge in [0.15, 0.2) is 0 Å². The molecular formula is C12H26N2O2. The third-order valence-corrected chi connectivity index (χ3v) is 2.76. The van der Waals surface area contributed by atoms with Crippen molar-refractivity contribution in [3.8, 4) is 0 Å². The van der Waals surface area contributed by atoms with Gasteiger partial charge in [0, 0.05) is 6.54 Å². The van der Waals surface area contributed by atoms with Crippen molar-refractivity contribution < 1.29 is 9.90 Å². The minimum Gasteiger partial charge on any atom is -0.480 e. The second-order valence-corrected chi connectivity index (χ2v) is 4.43. The first-order valence-corrected chi connectivity index (χ1v) is 6.20. The lowest BCUT2D eigenvalue weighted by atomic mass is 10.0. The maximum Gasteiger partial charge on any atom is 0.324 e. The van der Waals surface area contributed by atoms with Gasteiger partial charge >= 0.3 is 5.97 Å². The summed E-state index contributed by atoms with van der Waals surface area (Å²) in [6.45, 7) is 11.1. The minimum absolute atomic E-state index is 0.562. The van der Waals surface area contributed by atoms with E-state index in [1.165, 1.54) is 0 Å². The molecule has 2 N–H and O–H groups in total. The van der Waals surface area contributed by atoms with Crippen LogP contribution in [0.2, 0.25) is 0 Å². The highest BCUT2D eigenvalue weighted by atomic mass is 16.4. The standard InChI is InChI=1S/C12H26N2O2/c1-5-8-13-12(4,11(15)16)10-14(7-3)9-6-2/h13H,5-10H2,1-4H3,(H,15,16). The maximum atomic E-state index is 11.3. The number of nitrogens with zero attached hydrogens (tertiary/aromatic N) is 1. The molecule has 0 heterocycles. The molecule has 0 radical (unpaired) electrons. The molecule has 0 aliphatic heterocycles. The molecule has 0 rings (SSSR count). The topological polar surface area (TPSA) is 52.6 Å². The molecule has 1 atom stereocenters. The lowest BCUT2D eigenvalue weighted by molar-refractivity contribution is -0.145. The highest BCUT2D eigenvalue weighted by Gasteiger charge is 2.33. The Morgan fingerprint density at radius 3 is 2.31 bits per heavy atom. The predicted molar refractivity (Wildman–Crippen MR) is 66.7 cm³/mol. The smallest absolute Gasteiger partial charge is 0.324 e. The zero-order chi connectivity index (χ0) is 12.6. The van der Waals surface area contributed by atoms with Gasteiger partial charge in [-0.25, -0.2) is 0 Å². The Labute approximate surface area is 99.0 Å². The number of carboxylic acids is 1. The van der Waals surface area contributed by atoms with Crippen molar-refractivity contribution in [2.24, 2.45) is 0 Å². The molecule has 0 saturated heterocycles. The molecule has 0 spiro atoms. The van der Waals surface area contributed by atoms with Crippen LogP contribution in [0.25, 0.3) is 0 Å². The van der Waals surface area contributed by atoms with Crippen LogP contribution in [0.3, 0.4) is 0 Å². The fourth-order valence-corrected chi connectivity index (χ4v) is 1.71. The fraction of sp³-hybridized carbons (Fsp3) is 0.917. The Bertz CT molecular complexity index is 209. The first-order valence-electron chi connectivity index (χ1n) is 6.20. The van der Waals surface area contributed by atoms with Crippen molar-refractivity contribution in [3.63, 3.8) is 0 Å². The SMILES string of the molecule is CCCNC(C)(CN(CC)CCC)C(=O)O. The third kappa shape index (κ3) is 4.94. The first kappa shape index (κ1) is 15.4. The molecule has 0 amide bonds. The van der Waals surface area contributed by atoms with Gasteiger partial charge in [-0.15, -0.1) is 0 Å². The van der Waals surface area contributed by atoms with E-state index in [9.17, 15) is 9.90 Å². The molecule has 16 heavy (non-hydrogen) atoms. The zero-order valence-corrected chi connectivity index (χ0v) is 11.0. The van der Waals surface area contributed by atoms with Gasteiger partial charge in [0.2, 0.25) is 0 Å². The molecule has 0 saturated carbocycles. The molecular weight excluding hydrogens is 204 g/mol. The van der Waals surface area contributed by atoms with Gasteiger partial charge in [0.05, 0.1) is 0 Å². The van der Waals surface area contributed by atoms with Crippen molar-refractivity contribution in [3.05, 3.63) is 0 Å². The van der Waals surface area contributed by atoms with Crippen molar-refractivity contribution in [2.75, 3.05) is 26.2 Å². The van der Waals surface area contributed by atoms with Gasteiger partial charge in [-0.2, -0.15) is 0 Å². The van der Waals surface area contributed by atoms with Gasteiger partial charge < -0.3 is 15.3 Å². The van der Waals surface area contributed by atoms with Gasteiger partial charge in [-0.3, -0.25) is 4.79 Å². The Kier molecular flexibility index (Phi) is 7.34. The van der Waals surface area contributed by atoms with Gasteiger partial charge in [-0.1, -0.05) is 20.8 Å². The number of carboxylic acid groups (broad SMARTS) is 1. The first-order chi connectivity index (χ1) is 7.50. The summed E-state index contributed by atoms with van der Waals surface area (Å²) < 4.78 is 0. The van der Waals surface area contributed by atoms with Crippen LogP contribution in [0.4, 0.5) is 0 Å². The Morgan fingerprint density at radius 1 is 1.31 bits per heavy atom. The van der Waals surface area contributed by atoms with E-state index in [2.05, 4.69) is 24.1 Å². The third-order valence-electron chi connectivity index (χ3n) is 2.76. The summed E-state index contributed by atoms with van der Waals surface area (Å²) in [4.78, 5) is 13.5. The Morgan fingerprint density at radius 2 is 1.94 bits per heavy atom. The number of nitrogens with one attached hydrogen (secondary N) is 1. The molecule has 96 valence electrons. The summed E-state index contributed by atoms with van der Waals surface area (Å²) in [6.07, 6.45) is 2.00. The molecule has 0 aromatic heterocycles. The second kappa shape index (κ2) is 7.63. The number of hydrogen-bond donors (Lipinski definition) is 2. The molecule has 0 bridgehead atoms. The molecule has 4 heteroatoms. The van der Waals surface area contributed by atoms with Gasteiger partial charge in [0.1, 0.15) is 5.54 Å². The van der Waals surface area contributed by atoms with E-state index in [1.54, 1.807) is 6.92 Å². The summed E-state index contributed by atoms with van der Waals surface area (Å²) in [5, 5.41) is 12.4. The number of likely N-dealkylation sites (N-methyl/N-ethyl adjacent to an activating group) is 1. The van der Waals surface area contributed by atoms with Crippen LogP contribution >= 0.6 is 0 Å². The number of rotatable bonds is 9. The highest BCUT2D eigenvalue weighted by molar-refractivity contribution is 5.78. The second-order valence-electron chi connectivity index (χ2n) is 4.43. The average molecular weight is 230 g/mol. The van der Waals surface area contributed by atoms with Crippen LogP contribution in [0.1, 0.15) is 40.5 Å². The number of carbonyl (C=O) groups is 1. The van der Waals surface area contributed by atoms with Gasteiger partial charge in [0.25, 0.3) is 0 Å². The monoisotopic (exact) mass is 230 g/mol. The molecule has 0 aliphatic rings. The van der Waals surface area contributed by atoms with Crippen molar-refractivity contribution in [2.45, 2.75) is 46.1 Å². The molecule has 0 fully saturated rings. The lowest BCUT2D eigenvalue weighted by Gasteiger charge is -2.32. The maximum absolute atomic E-state index is 11.3. The number of aliphatic carboxylic acids is 1. The molecule has 4 nitrogen and oxygen atoms in total. The van der Waals surface area contributed by atoms with Crippen LogP contribution in [0.15, 0.2) is 0 Å². The van der Waals surface area contributed by atoms with E-state index in [4.69, 9.17) is 0 Å². The Balaban J connectivity index is 4.45. The lowest BCUT2D eigenvalue weighted by Crippen LogP contribution is -2.57. The molecule has 0 aliphatic carbocycles. The van der Waals surface area contributed by atoms with E-state index in [-0.39, 0.29) is 0 Å². The fourth-order valence-electron chi connectivity index (χ4n) is 1.71. The van der Waals surface area contributed by atoms with Gasteiger partial charge in [-0.05, 0) is 39.4 Å². The predicted octanol–water partition coefficient (Wildman–Crippen LogP) is 1.56. The Hall–Kier alpha value is -0.610. The summed E-state index contributed by atoms with van der Waals surface area (Å²) in [5.74, 6) is -0.768. The highest BCUT2D eigenvalue weighted by Crippen LogP contribution is 2.08. The van der Waals surface area contributed by atoms with Crippen LogP contribution < -0.4 is 5.32 Å². The minimum atomic E-state index is -0.832. The van der Waals surface area contributed by atoms with E-state index in [1.807, 2.05) is 6.92 Å². The summed E-state index contributed by atoms with van der Waals surface area (Å²) in [6, 6.07) is 0. The molecule has 0 aromatic carbocycles. The van der Waals surface area contributed by atoms with Crippen LogP contribution in [-0.4, -0.2) is 47.7 Å². The van der Waals surface area contributed by atoms with Crippen LogP contribution in [-0.2, 0) is 4.79 Å². The summed E-state index contributed by atoms with van der Waals surface area (Å²) in [7, 11) is 0. The van der Waals surface area contributed by atoms with E-state index >= 15 is 0 Å². The summed E-state index contributed by atoms with van der Waals surface area (Å²) in [5.41, 5.74) is -0.832. The largest absolute Gasteiger partial charge is 0.480 e. The van der Waals surface area contributed by atoms with Crippen molar-refractivity contribution in [1.82, 2.24) is 10.2 Å². The van der Waals surface area contributed by atoms with Crippen LogP contribution in [0.5, 0.6) is 0 Å².